The predicted octanol–water partition coefficient (Wildman–Crippen LogP) is -0.281. The van der Waals surface area contributed by atoms with Gasteiger partial charge < -0.3 is 24.4 Å². The van der Waals surface area contributed by atoms with Gasteiger partial charge in [-0.25, -0.2) is 4.79 Å². The van der Waals surface area contributed by atoms with Gasteiger partial charge in [0.1, 0.15) is 18.3 Å². The van der Waals surface area contributed by atoms with Gasteiger partial charge in [-0.05, 0) is 19.8 Å². The Hall–Kier alpha value is -1.52. The normalized spacial score (nSPS) is 28.5. The van der Waals surface area contributed by atoms with Crippen LogP contribution in [0.4, 0.5) is 0 Å². The molecule has 0 spiro atoms. The van der Waals surface area contributed by atoms with Crippen LogP contribution in [0.25, 0.3) is 0 Å². The first-order valence-corrected chi connectivity index (χ1v) is 8.69. The van der Waals surface area contributed by atoms with Crippen LogP contribution in [0.15, 0.2) is 15.8 Å². The van der Waals surface area contributed by atoms with E-state index in [1.165, 1.54) is 10.8 Å². The van der Waals surface area contributed by atoms with Gasteiger partial charge in [0.15, 0.2) is 6.23 Å². The molecule has 0 aliphatic carbocycles. The molecule has 0 bridgehead atoms. The summed E-state index contributed by atoms with van der Waals surface area (Å²) < 4.78 is 18.0. The van der Waals surface area contributed by atoms with Crippen LogP contribution in [-0.4, -0.2) is 64.0 Å². The van der Waals surface area contributed by atoms with Crippen molar-refractivity contribution >= 4 is 0 Å². The fourth-order valence-electron chi connectivity index (χ4n) is 2.89. The SMILES string of the molecule is COC(C)C(C)OC1C(O)C(CO)OC1n1cc(C(C)C)c(=O)[nH]c1=O. The van der Waals surface area contributed by atoms with Crippen molar-refractivity contribution in [2.24, 2.45) is 0 Å². The van der Waals surface area contributed by atoms with E-state index in [9.17, 15) is 19.8 Å². The lowest BCUT2D eigenvalue weighted by molar-refractivity contribution is -0.130. The summed E-state index contributed by atoms with van der Waals surface area (Å²) in [5, 5.41) is 19.9. The summed E-state index contributed by atoms with van der Waals surface area (Å²) in [5.74, 6) is -0.114. The van der Waals surface area contributed by atoms with E-state index >= 15 is 0 Å². The fourth-order valence-corrected chi connectivity index (χ4v) is 2.89. The molecular weight excluding hydrogens is 344 g/mol. The van der Waals surface area contributed by atoms with Crippen molar-refractivity contribution in [2.75, 3.05) is 13.7 Å². The number of methoxy groups -OCH3 is 1. The summed E-state index contributed by atoms with van der Waals surface area (Å²) in [7, 11) is 1.54. The number of aliphatic hydroxyl groups excluding tert-OH is 2. The van der Waals surface area contributed by atoms with E-state index in [2.05, 4.69) is 4.98 Å². The number of nitrogens with zero attached hydrogens (tertiary/aromatic N) is 1. The summed E-state index contributed by atoms with van der Waals surface area (Å²) in [6.07, 6.45) is -3.18. The predicted molar refractivity (Wildman–Crippen MR) is 93.2 cm³/mol. The highest BCUT2D eigenvalue weighted by Gasteiger charge is 2.46. The van der Waals surface area contributed by atoms with Crippen molar-refractivity contribution in [3.8, 4) is 0 Å². The number of hydrogen-bond acceptors (Lipinski definition) is 7. The Balaban J connectivity index is 2.43. The number of rotatable bonds is 7. The molecule has 1 fully saturated rings. The molecule has 6 atom stereocenters. The van der Waals surface area contributed by atoms with E-state index < -0.39 is 48.5 Å². The summed E-state index contributed by atoms with van der Waals surface area (Å²) in [4.78, 5) is 26.6. The Bertz CT molecular complexity index is 714. The smallest absolute Gasteiger partial charge is 0.330 e. The number of nitrogens with one attached hydrogen (secondary N) is 1. The van der Waals surface area contributed by atoms with Crippen LogP contribution < -0.4 is 11.2 Å². The molecule has 2 rings (SSSR count). The Kier molecular flexibility index (Phi) is 6.75. The second-order valence-electron chi connectivity index (χ2n) is 6.89. The van der Waals surface area contributed by atoms with Gasteiger partial charge in [-0.1, -0.05) is 13.8 Å². The van der Waals surface area contributed by atoms with Crippen LogP contribution in [0.5, 0.6) is 0 Å². The third kappa shape index (κ3) is 4.07. The first-order valence-electron chi connectivity index (χ1n) is 8.69. The molecule has 1 aromatic heterocycles. The van der Waals surface area contributed by atoms with E-state index in [4.69, 9.17) is 14.2 Å². The zero-order chi connectivity index (χ0) is 19.6. The molecule has 1 aromatic rings. The highest BCUT2D eigenvalue weighted by atomic mass is 16.6. The maximum atomic E-state index is 12.3. The molecule has 0 aromatic carbocycles. The van der Waals surface area contributed by atoms with Crippen LogP contribution in [-0.2, 0) is 14.2 Å². The molecule has 0 saturated carbocycles. The molecule has 9 nitrogen and oxygen atoms in total. The zero-order valence-electron chi connectivity index (χ0n) is 15.7. The average molecular weight is 372 g/mol. The molecule has 26 heavy (non-hydrogen) atoms. The monoisotopic (exact) mass is 372 g/mol. The Morgan fingerprint density at radius 1 is 1.27 bits per heavy atom. The van der Waals surface area contributed by atoms with E-state index in [0.717, 1.165) is 0 Å². The topological polar surface area (TPSA) is 123 Å². The van der Waals surface area contributed by atoms with Gasteiger partial charge in [0.05, 0.1) is 18.8 Å². The lowest BCUT2D eigenvalue weighted by atomic mass is 10.1. The van der Waals surface area contributed by atoms with Crippen molar-refractivity contribution in [3.05, 3.63) is 32.6 Å². The minimum atomic E-state index is -1.14. The third-order valence-corrected chi connectivity index (χ3v) is 4.79. The average Bonchev–Trinajstić information content (AvgIpc) is 2.89. The van der Waals surface area contributed by atoms with Crippen molar-refractivity contribution < 1.29 is 24.4 Å². The van der Waals surface area contributed by atoms with Gasteiger partial charge in [-0.3, -0.25) is 14.3 Å². The lowest BCUT2D eigenvalue weighted by Gasteiger charge is -2.28. The van der Waals surface area contributed by atoms with E-state index in [-0.39, 0.29) is 12.0 Å². The van der Waals surface area contributed by atoms with E-state index in [0.29, 0.717) is 5.56 Å². The minimum absolute atomic E-state index is 0.114. The molecule has 148 valence electrons. The number of aliphatic hydroxyl groups is 2. The lowest BCUT2D eigenvalue weighted by Crippen LogP contribution is -2.43. The highest BCUT2D eigenvalue weighted by molar-refractivity contribution is 5.10. The van der Waals surface area contributed by atoms with E-state index in [1.54, 1.807) is 14.0 Å². The second kappa shape index (κ2) is 8.45. The largest absolute Gasteiger partial charge is 0.394 e. The zero-order valence-corrected chi connectivity index (χ0v) is 15.7. The van der Waals surface area contributed by atoms with Crippen LogP contribution in [0.3, 0.4) is 0 Å². The van der Waals surface area contributed by atoms with Gasteiger partial charge in [0.2, 0.25) is 0 Å². The molecule has 1 saturated heterocycles. The second-order valence-corrected chi connectivity index (χ2v) is 6.89. The summed E-state index contributed by atoms with van der Waals surface area (Å²) >= 11 is 0. The molecule has 9 heteroatoms. The van der Waals surface area contributed by atoms with Crippen LogP contribution in [0.1, 0.15) is 45.4 Å². The van der Waals surface area contributed by atoms with Crippen molar-refractivity contribution in [1.29, 1.82) is 0 Å². The number of aromatic nitrogens is 2. The van der Waals surface area contributed by atoms with E-state index in [1.807, 2.05) is 20.8 Å². The summed E-state index contributed by atoms with van der Waals surface area (Å²) in [6, 6.07) is 0. The highest BCUT2D eigenvalue weighted by Crippen LogP contribution is 2.32. The van der Waals surface area contributed by atoms with Gasteiger partial charge in [0, 0.05) is 18.9 Å². The third-order valence-electron chi connectivity index (χ3n) is 4.79. The van der Waals surface area contributed by atoms with Gasteiger partial charge in [-0.2, -0.15) is 0 Å². The number of aromatic amines is 1. The molecule has 6 unspecified atom stereocenters. The molecule has 2 heterocycles. The minimum Gasteiger partial charge on any atom is -0.394 e. The van der Waals surface area contributed by atoms with Crippen LogP contribution in [0, 0.1) is 0 Å². The Labute approximate surface area is 151 Å². The van der Waals surface area contributed by atoms with Gasteiger partial charge in [-0.15, -0.1) is 0 Å². The first kappa shape index (κ1) is 20.8. The summed E-state index contributed by atoms with van der Waals surface area (Å²) in [5.41, 5.74) is -0.722. The molecular formula is C17H28N2O7. The Morgan fingerprint density at radius 2 is 1.92 bits per heavy atom. The van der Waals surface area contributed by atoms with Crippen molar-refractivity contribution in [2.45, 2.75) is 70.4 Å². The maximum Gasteiger partial charge on any atom is 0.330 e. The van der Waals surface area contributed by atoms with Crippen LogP contribution in [0.2, 0.25) is 0 Å². The summed E-state index contributed by atoms with van der Waals surface area (Å²) in [6.45, 7) is 6.82. The molecule has 1 aliphatic heterocycles. The quantitative estimate of drug-likeness (QED) is 0.601. The first-order chi connectivity index (χ1) is 12.2. The number of H-pyrrole nitrogens is 1. The van der Waals surface area contributed by atoms with Crippen LogP contribution >= 0.6 is 0 Å². The maximum absolute atomic E-state index is 12.3. The number of ether oxygens (including phenoxy) is 3. The van der Waals surface area contributed by atoms with Gasteiger partial charge >= 0.3 is 5.69 Å². The fraction of sp³-hybridized carbons (Fsp3) is 0.765. The Morgan fingerprint density at radius 3 is 2.46 bits per heavy atom. The molecule has 3 N–H and O–H groups in total. The number of hydrogen-bond donors (Lipinski definition) is 3. The molecule has 0 radical (unpaired) electrons. The van der Waals surface area contributed by atoms with Crippen molar-refractivity contribution in [1.82, 2.24) is 9.55 Å². The molecule has 1 aliphatic rings. The van der Waals surface area contributed by atoms with Crippen molar-refractivity contribution in [3.63, 3.8) is 0 Å². The molecule has 0 amide bonds. The standard InChI is InChI=1S/C17H28N2O7/c1-8(2)11-6-19(17(23)18-15(11)22)16-14(13(21)12(7-20)26-16)25-10(4)9(3)24-5/h6,8-10,12-14,16,20-21H,7H2,1-5H3,(H,18,22,23). The van der Waals surface area contributed by atoms with Gasteiger partial charge in [0.25, 0.3) is 5.56 Å².